The highest BCUT2D eigenvalue weighted by Crippen LogP contribution is 2.15. The number of nitrogens with zero attached hydrogens (tertiary/aromatic N) is 1. The molecule has 1 rings (SSSR count). The van der Waals surface area contributed by atoms with Crippen LogP contribution in [0.4, 0.5) is 0 Å². The second kappa shape index (κ2) is 3.34. The van der Waals surface area contributed by atoms with Crippen LogP contribution in [0.2, 0.25) is 0 Å². The zero-order valence-corrected chi connectivity index (χ0v) is 8.06. The molecule has 0 bridgehead atoms. The molecule has 52 valence electrons. The van der Waals surface area contributed by atoms with Crippen LogP contribution >= 0.6 is 34.2 Å². The van der Waals surface area contributed by atoms with Gasteiger partial charge in [-0.2, -0.15) is 0 Å². The fourth-order valence-corrected chi connectivity index (χ4v) is 1.11. The van der Waals surface area contributed by atoms with Gasteiger partial charge in [0, 0.05) is 9.77 Å². The van der Waals surface area contributed by atoms with Crippen molar-refractivity contribution in [3.63, 3.8) is 0 Å². The Morgan fingerprint density at radius 1 is 1.70 bits per heavy atom. The second-order valence-corrected chi connectivity index (χ2v) is 3.47. The highest BCUT2D eigenvalue weighted by Gasteiger charge is 1.95. The van der Waals surface area contributed by atoms with Crippen molar-refractivity contribution in [3.05, 3.63) is 34.2 Å². The van der Waals surface area contributed by atoms with E-state index in [2.05, 4.69) is 34.2 Å². The largest absolute Gasteiger partial charge is 0.255 e. The minimum Gasteiger partial charge on any atom is -0.255 e. The Morgan fingerprint density at radius 2 is 2.40 bits per heavy atom. The van der Waals surface area contributed by atoms with Gasteiger partial charge in [0.1, 0.15) is 0 Å². The minimum absolute atomic E-state index is 0.485. The van der Waals surface area contributed by atoms with Crippen molar-refractivity contribution in [2.45, 2.75) is 0 Å². The molecule has 0 amide bonds. The van der Waals surface area contributed by atoms with Gasteiger partial charge >= 0.3 is 0 Å². The van der Waals surface area contributed by atoms with Crippen molar-refractivity contribution in [1.82, 2.24) is 4.98 Å². The molecule has 0 spiro atoms. The van der Waals surface area contributed by atoms with Crippen molar-refractivity contribution in [3.8, 4) is 0 Å². The van der Waals surface area contributed by atoms with Crippen molar-refractivity contribution in [1.29, 1.82) is 0 Å². The summed E-state index contributed by atoms with van der Waals surface area (Å²) < 4.78 is 1.12. The molecule has 1 aromatic heterocycles. The van der Waals surface area contributed by atoms with E-state index >= 15 is 0 Å². The predicted molar refractivity (Wildman–Crippen MR) is 51.8 cm³/mol. The Labute approximate surface area is 78.3 Å². The molecule has 0 aliphatic heterocycles. The lowest BCUT2D eigenvalue weighted by Crippen LogP contribution is -1.82. The second-order valence-electron chi connectivity index (χ2n) is 1.76. The molecule has 3 heteroatoms. The number of pyridine rings is 1. The van der Waals surface area contributed by atoms with Gasteiger partial charge < -0.3 is 0 Å². The topological polar surface area (TPSA) is 12.9 Å². The lowest BCUT2D eigenvalue weighted by molar-refractivity contribution is 1.28. The molecule has 1 heterocycles. The number of hydrogen-bond donors (Lipinski definition) is 0. The van der Waals surface area contributed by atoms with E-state index in [0.29, 0.717) is 5.03 Å². The first-order valence-electron chi connectivity index (χ1n) is 2.66. The average molecular weight is 265 g/mol. The molecule has 1 aromatic rings. The maximum absolute atomic E-state index is 5.61. The SMILES string of the molecule is C=C(Cl)c1cc(I)ccn1. The summed E-state index contributed by atoms with van der Waals surface area (Å²) in [6.07, 6.45) is 1.71. The summed E-state index contributed by atoms with van der Waals surface area (Å²) in [6, 6.07) is 3.79. The fourth-order valence-electron chi connectivity index (χ4n) is 0.553. The van der Waals surface area contributed by atoms with Crippen molar-refractivity contribution in [2.75, 3.05) is 0 Å². The first-order chi connectivity index (χ1) is 4.70. The van der Waals surface area contributed by atoms with Crippen molar-refractivity contribution < 1.29 is 0 Å². The molecule has 0 aliphatic carbocycles. The maximum atomic E-state index is 5.61. The molecule has 0 unspecified atom stereocenters. The normalized spacial score (nSPS) is 9.40. The van der Waals surface area contributed by atoms with E-state index in [1.807, 2.05) is 12.1 Å². The van der Waals surface area contributed by atoms with Crippen LogP contribution in [0.1, 0.15) is 5.69 Å². The molecular formula is C7H5ClIN. The predicted octanol–water partition coefficient (Wildman–Crippen LogP) is 2.90. The summed E-state index contributed by atoms with van der Waals surface area (Å²) in [5.41, 5.74) is 0.744. The lowest BCUT2D eigenvalue weighted by Gasteiger charge is -1.94. The number of hydrogen-bond acceptors (Lipinski definition) is 1. The maximum Gasteiger partial charge on any atom is 0.0820 e. The number of rotatable bonds is 1. The molecule has 0 atom stereocenters. The van der Waals surface area contributed by atoms with E-state index in [9.17, 15) is 0 Å². The first kappa shape index (κ1) is 8.01. The molecule has 0 saturated carbocycles. The molecule has 0 N–H and O–H groups in total. The molecular weight excluding hydrogens is 260 g/mol. The highest BCUT2D eigenvalue weighted by molar-refractivity contribution is 14.1. The third-order valence-electron chi connectivity index (χ3n) is 1.000. The summed E-state index contributed by atoms with van der Waals surface area (Å²) in [6.45, 7) is 3.57. The van der Waals surface area contributed by atoms with Crippen molar-refractivity contribution >= 4 is 39.2 Å². The lowest BCUT2D eigenvalue weighted by atomic mass is 10.3. The van der Waals surface area contributed by atoms with Crippen LogP contribution in [0, 0.1) is 3.57 Å². The van der Waals surface area contributed by atoms with Gasteiger partial charge in [-0.25, -0.2) is 0 Å². The van der Waals surface area contributed by atoms with E-state index in [0.717, 1.165) is 9.26 Å². The molecule has 0 radical (unpaired) electrons. The van der Waals surface area contributed by atoms with Gasteiger partial charge in [-0.15, -0.1) is 0 Å². The van der Waals surface area contributed by atoms with Crippen LogP contribution in [-0.4, -0.2) is 4.98 Å². The van der Waals surface area contributed by atoms with Gasteiger partial charge in [0.15, 0.2) is 0 Å². The van der Waals surface area contributed by atoms with Gasteiger partial charge in [-0.05, 0) is 34.7 Å². The highest BCUT2D eigenvalue weighted by atomic mass is 127. The monoisotopic (exact) mass is 265 g/mol. The van der Waals surface area contributed by atoms with E-state index in [1.54, 1.807) is 6.20 Å². The zero-order chi connectivity index (χ0) is 7.56. The van der Waals surface area contributed by atoms with Crippen LogP contribution in [-0.2, 0) is 0 Å². The van der Waals surface area contributed by atoms with Crippen LogP contribution in [0.25, 0.3) is 5.03 Å². The Balaban J connectivity index is 3.07. The Kier molecular flexibility index (Phi) is 2.68. The Bertz CT molecular complexity index is 260. The average Bonchev–Trinajstić information content (AvgIpc) is 1.88. The smallest absolute Gasteiger partial charge is 0.0820 e. The van der Waals surface area contributed by atoms with Crippen LogP contribution in [0.5, 0.6) is 0 Å². The van der Waals surface area contributed by atoms with Gasteiger partial charge in [0.05, 0.1) is 10.7 Å². The molecule has 0 aromatic carbocycles. The summed E-state index contributed by atoms with van der Waals surface area (Å²) in [7, 11) is 0. The standard InChI is InChI=1S/C7H5ClIN/c1-5(8)7-4-6(9)2-3-10-7/h2-4H,1H2. The summed E-state index contributed by atoms with van der Waals surface area (Å²) in [5, 5.41) is 0.485. The summed E-state index contributed by atoms with van der Waals surface area (Å²) in [5.74, 6) is 0. The summed E-state index contributed by atoms with van der Waals surface area (Å²) >= 11 is 7.81. The van der Waals surface area contributed by atoms with Crippen LogP contribution in [0.3, 0.4) is 0 Å². The fraction of sp³-hybridized carbons (Fsp3) is 0. The third-order valence-corrected chi connectivity index (χ3v) is 1.86. The third kappa shape index (κ3) is 1.95. The molecule has 0 fully saturated rings. The van der Waals surface area contributed by atoms with E-state index in [4.69, 9.17) is 11.6 Å². The molecule has 0 saturated heterocycles. The number of halogens is 2. The van der Waals surface area contributed by atoms with Gasteiger partial charge in [-0.3, -0.25) is 4.98 Å². The zero-order valence-electron chi connectivity index (χ0n) is 5.14. The van der Waals surface area contributed by atoms with Crippen LogP contribution in [0.15, 0.2) is 24.9 Å². The summed E-state index contributed by atoms with van der Waals surface area (Å²) in [4.78, 5) is 4.00. The molecule has 10 heavy (non-hydrogen) atoms. The van der Waals surface area contributed by atoms with E-state index in [1.165, 1.54) is 0 Å². The Hall–Kier alpha value is -0.0900. The molecule has 0 aliphatic rings. The first-order valence-corrected chi connectivity index (χ1v) is 4.12. The molecule has 1 nitrogen and oxygen atoms in total. The van der Waals surface area contributed by atoms with Crippen LogP contribution < -0.4 is 0 Å². The van der Waals surface area contributed by atoms with Gasteiger partial charge in [0.2, 0.25) is 0 Å². The quantitative estimate of drug-likeness (QED) is 0.712. The van der Waals surface area contributed by atoms with Gasteiger partial charge in [0.25, 0.3) is 0 Å². The van der Waals surface area contributed by atoms with E-state index in [-0.39, 0.29) is 0 Å². The number of aromatic nitrogens is 1. The minimum atomic E-state index is 0.485. The van der Waals surface area contributed by atoms with Crippen molar-refractivity contribution in [2.24, 2.45) is 0 Å². The Morgan fingerprint density at radius 3 is 2.80 bits per heavy atom. The van der Waals surface area contributed by atoms with E-state index < -0.39 is 0 Å². The van der Waals surface area contributed by atoms with Gasteiger partial charge in [-0.1, -0.05) is 18.2 Å².